The van der Waals surface area contributed by atoms with E-state index in [0.29, 0.717) is 30.8 Å². The smallest absolute Gasteiger partial charge is 0.544 e. The van der Waals surface area contributed by atoms with Gasteiger partial charge >= 0.3 is 8.11 Å². The lowest BCUT2D eigenvalue weighted by atomic mass is 9.80. The maximum atomic E-state index is 7.68. The summed E-state index contributed by atoms with van der Waals surface area (Å²) in [4.78, 5) is 0. The van der Waals surface area contributed by atoms with E-state index in [4.69, 9.17) is 28.8 Å². The van der Waals surface area contributed by atoms with Gasteiger partial charge < -0.3 is 17.7 Å². The van der Waals surface area contributed by atoms with E-state index >= 15 is 0 Å². The monoisotopic (exact) mass is 768 g/mol. The zero-order valence-corrected chi connectivity index (χ0v) is 37.7. The van der Waals surface area contributed by atoms with Crippen LogP contribution in [0.15, 0.2) is 60.7 Å². The van der Waals surface area contributed by atoms with E-state index in [0.717, 1.165) is 39.3 Å². The lowest BCUT2D eigenvalue weighted by Crippen LogP contribution is -2.51. The van der Waals surface area contributed by atoms with E-state index in [1.807, 2.05) is 0 Å². The van der Waals surface area contributed by atoms with Gasteiger partial charge in [0.25, 0.3) is 0 Å². The van der Waals surface area contributed by atoms with E-state index in [2.05, 4.69) is 163 Å². The molecule has 0 spiro atoms. The van der Waals surface area contributed by atoms with Gasteiger partial charge in [0.05, 0.1) is 0 Å². The third kappa shape index (κ3) is 8.71. The Hall–Kier alpha value is -3.20. The summed E-state index contributed by atoms with van der Waals surface area (Å²) in [6.45, 7) is 34.0. The maximum Gasteiger partial charge on any atom is 0.818 e. The van der Waals surface area contributed by atoms with Gasteiger partial charge in [-0.25, -0.2) is 0 Å². The number of halogens is 1. The first-order valence-corrected chi connectivity index (χ1v) is 25.4. The van der Waals surface area contributed by atoms with Crippen LogP contribution >= 0.6 is 11.1 Å². The number of rotatable bonds is 2. The van der Waals surface area contributed by atoms with Crippen LogP contribution in [-0.2, 0) is 40.9 Å². The minimum atomic E-state index is -3.97. The van der Waals surface area contributed by atoms with Crippen LogP contribution in [0, 0.1) is 0 Å². The molecule has 0 saturated carbocycles. The Balaban J connectivity index is 1.73. The third-order valence-corrected chi connectivity index (χ3v) is 13.2. The molecule has 53 heavy (non-hydrogen) atoms. The molecule has 4 nitrogen and oxygen atoms in total. The van der Waals surface area contributed by atoms with Crippen LogP contribution in [0.2, 0.25) is 19.6 Å². The van der Waals surface area contributed by atoms with Crippen LogP contribution < -0.4 is 17.7 Å². The summed E-state index contributed by atoms with van der Waals surface area (Å²) in [5, 5.41) is 0. The molecule has 0 aliphatic carbocycles. The summed E-state index contributed by atoms with van der Waals surface area (Å²) in [6.07, 6.45) is 1.88. The van der Waals surface area contributed by atoms with Crippen molar-refractivity contribution < 1.29 is 17.7 Å². The van der Waals surface area contributed by atoms with Crippen molar-refractivity contribution in [3.05, 3.63) is 116 Å². The number of fused-ring (bicyclic) bond motifs is 5. The largest absolute Gasteiger partial charge is 0.818 e. The summed E-state index contributed by atoms with van der Waals surface area (Å²) in [5.41, 5.74) is 11.3. The minimum absolute atomic E-state index is 0.0373. The summed E-state index contributed by atoms with van der Waals surface area (Å²) < 4.78 is 28.1. The van der Waals surface area contributed by atoms with Crippen molar-refractivity contribution >= 4 is 27.5 Å². The van der Waals surface area contributed by atoms with E-state index in [1.165, 1.54) is 27.8 Å². The van der Waals surface area contributed by atoms with Gasteiger partial charge in [-0.15, -0.1) is 0 Å². The molecule has 2 aliphatic rings. The molecule has 0 saturated heterocycles. The summed E-state index contributed by atoms with van der Waals surface area (Å²) in [6, 6.07) is 22.3. The quantitative estimate of drug-likeness (QED) is 0.150. The van der Waals surface area contributed by atoms with Gasteiger partial charge in [0, 0.05) is 19.3 Å². The zero-order valence-electron chi connectivity index (χ0n) is 34.9. The number of hydrogen-bond acceptors (Lipinski definition) is 4. The second-order valence-electron chi connectivity index (χ2n) is 20.4. The zero-order chi connectivity index (χ0) is 39.1. The Morgan fingerprint density at radius 3 is 1.21 bits per heavy atom. The van der Waals surface area contributed by atoms with Crippen molar-refractivity contribution in [2.75, 3.05) is 0 Å². The molecular formula is C46H61ClO4Si2. The molecule has 1 unspecified atom stereocenters. The predicted octanol–water partition coefficient (Wildman–Crippen LogP) is 12.7. The molecule has 2 heterocycles. The molecule has 2 aliphatic heterocycles. The van der Waals surface area contributed by atoms with Gasteiger partial charge in [-0.1, -0.05) is 132 Å². The molecule has 0 aromatic heterocycles. The van der Waals surface area contributed by atoms with Crippen LogP contribution in [0.25, 0.3) is 0 Å². The average Bonchev–Trinajstić information content (AvgIpc) is 2.97. The SMILES string of the molecule is CC(C)(C)c1ccc2c(c1)Cc1cc(C(C)(C)C)cc(c1O[Si](C)(C)C)Cc1cc(C(C)(C)C)cc3c1O[Si](Cl)(O2)Oc1ccc(C(C)(C)C)cc1C3. The van der Waals surface area contributed by atoms with Crippen molar-refractivity contribution in [1.82, 2.24) is 0 Å². The molecule has 1 atom stereocenters. The van der Waals surface area contributed by atoms with E-state index in [-0.39, 0.29) is 21.7 Å². The van der Waals surface area contributed by atoms with E-state index in [1.54, 1.807) is 0 Å². The molecular weight excluding hydrogens is 708 g/mol. The highest BCUT2D eigenvalue weighted by molar-refractivity contribution is 7.10. The second kappa shape index (κ2) is 13.2. The minimum Gasteiger partial charge on any atom is -0.544 e. The predicted molar refractivity (Wildman–Crippen MR) is 226 cm³/mol. The Kier molecular flexibility index (Phi) is 9.86. The first kappa shape index (κ1) is 39.5. The molecule has 0 radical (unpaired) electrons. The highest BCUT2D eigenvalue weighted by atomic mass is 35.6. The second-order valence-corrected chi connectivity index (χ2v) is 27.8. The molecule has 6 rings (SSSR count). The summed E-state index contributed by atoms with van der Waals surface area (Å²) in [5.74, 6) is 3.11. The van der Waals surface area contributed by atoms with Gasteiger partial charge in [0.15, 0.2) is 0 Å². The highest BCUT2D eigenvalue weighted by Crippen LogP contribution is 2.45. The van der Waals surface area contributed by atoms with Crippen molar-refractivity contribution in [3.63, 3.8) is 0 Å². The summed E-state index contributed by atoms with van der Waals surface area (Å²) >= 11 is 7.68. The van der Waals surface area contributed by atoms with Crippen LogP contribution in [-0.4, -0.2) is 16.4 Å². The normalized spacial score (nSPS) is 17.7. The number of hydrogen-bond donors (Lipinski definition) is 0. The van der Waals surface area contributed by atoms with Gasteiger partial charge in [-0.2, -0.15) is 0 Å². The topological polar surface area (TPSA) is 36.9 Å². The lowest BCUT2D eigenvalue weighted by molar-refractivity contribution is 0.284. The standard InChI is InChI=1S/C46H61ClO4Si2/c1-43(2,3)35-16-18-39-29(23-35)20-31-25-37(45(7,8)9)27-33(41(31)50-52(13,14)15)22-34-28-38(46(10,11)12)26-32-21-30-24-36(44(4,5)6)17-19-40(30)49-53(47,48-39)51-42(32)34/h16-19,23-28H,20-22H2,1-15H3. The van der Waals surface area contributed by atoms with Crippen molar-refractivity contribution in [3.8, 4) is 23.0 Å². The maximum absolute atomic E-state index is 7.68. The van der Waals surface area contributed by atoms with Crippen LogP contribution in [0.5, 0.6) is 23.0 Å². The van der Waals surface area contributed by atoms with Crippen LogP contribution in [0.3, 0.4) is 0 Å². The van der Waals surface area contributed by atoms with Gasteiger partial charge in [-0.3, -0.25) is 0 Å². The average molecular weight is 770 g/mol. The number of benzene rings is 4. The Bertz CT molecular complexity index is 2050. The molecule has 284 valence electrons. The molecule has 4 bridgehead atoms. The van der Waals surface area contributed by atoms with Gasteiger partial charge in [-0.05, 0) is 120 Å². The van der Waals surface area contributed by atoms with Gasteiger partial charge in [0.2, 0.25) is 8.32 Å². The van der Waals surface area contributed by atoms with Crippen LogP contribution in [0.1, 0.15) is 139 Å². The van der Waals surface area contributed by atoms with Crippen molar-refractivity contribution in [2.24, 2.45) is 0 Å². The Morgan fingerprint density at radius 1 is 0.491 bits per heavy atom. The van der Waals surface area contributed by atoms with Crippen molar-refractivity contribution in [1.29, 1.82) is 0 Å². The molecule has 0 fully saturated rings. The third-order valence-electron chi connectivity index (χ3n) is 10.3. The first-order valence-electron chi connectivity index (χ1n) is 19.2. The first-order chi connectivity index (χ1) is 24.2. The molecule has 0 N–H and O–H groups in total. The molecule has 4 aromatic rings. The molecule has 0 amide bonds. The fourth-order valence-corrected chi connectivity index (χ4v) is 10.3. The lowest BCUT2D eigenvalue weighted by Gasteiger charge is -2.34. The molecule has 7 heteroatoms. The molecule has 4 aromatic carbocycles. The fraction of sp³-hybridized carbons (Fsp3) is 0.478. The fourth-order valence-electron chi connectivity index (χ4n) is 7.10. The van der Waals surface area contributed by atoms with Crippen molar-refractivity contribution in [2.45, 2.75) is 144 Å². The van der Waals surface area contributed by atoms with Crippen LogP contribution in [0.4, 0.5) is 0 Å². The van der Waals surface area contributed by atoms with E-state index in [9.17, 15) is 0 Å². The Morgan fingerprint density at radius 2 is 0.830 bits per heavy atom. The summed E-state index contributed by atoms with van der Waals surface area (Å²) in [7, 11) is -6.03. The highest BCUT2D eigenvalue weighted by Gasteiger charge is 2.51. The van der Waals surface area contributed by atoms with E-state index < -0.39 is 16.4 Å². The Labute approximate surface area is 326 Å². The van der Waals surface area contributed by atoms with Gasteiger partial charge in [0.1, 0.15) is 23.0 Å².